The number of rotatable bonds is 4. The van der Waals surface area contributed by atoms with Crippen molar-refractivity contribution in [2.45, 2.75) is 31.2 Å². The number of nitrogens with one attached hydrogen (secondary N) is 1. The molecule has 16 heavy (non-hydrogen) atoms. The lowest BCUT2D eigenvalue weighted by Gasteiger charge is -2.12. The first kappa shape index (κ1) is 13.6. The van der Waals surface area contributed by atoms with Crippen molar-refractivity contribution in [2.75, 3.05) is 0 Å². The van der Waals surface area contributed by atoms with Gasteiger partial charge in [0.15, 0.2) is 0 Å². The van der Waals surface area contributed by atoms with Crippen molar-refractivity contribution in [3.05, 3.63) is 28.5 Å². The first-order chi connectivity index (χ1) is 7.36. The van der Waals surface area contributed by atoms with Crippen LogP contribution in [-0.2, 0) is 10.0 Å². The van der Waals surface area contributed by atoms with Crippen molar-refractivity contribution in [3.63, 3.8) is 0 Å². The zero-order valence-electron chi connectivity index (χ0n) is 9.00. The van der Waals surface area contributed by atoms with Crippen LogP contribution in [0.15, 0.2) is 27.6 Å². The van der Waals surface area contributed by atoms with Gasteiger partial charge >= 0.3 is 0 Å². The van der Waals surface area contributed by atoms with E-state index in [0.717, 1.165) is 6.07 Å². The SMILES string of the molecule is CCC(C)NS(=O)(=O)c1cc(Br)ccc1F. The second kappa shape index (κ2) is 5.25. The fraction of sp³-hybridized carbons (Fsp3) is 0.400. The Morgan fingerprint density at radius 2 is 2.12 bits per heavy atom. The van der Waals surface area contributed by atoms with E-state index in [4.69, 9.17) is 0 Å². The van der Waals surface area contributed by atoms with Crippen LogP contribution in [0.25, 0.3) is 0 Å². The minimum atomic E-state index is -3.78. The Balaban J connectivity index is 3.12. The Hall–Kier alpha value is -0.460. The van der Waals surface area contributed by atoms with Crippen LogP contribution in [0.5, 0.6) is 0 Å². The molecule has 0 fully saturated rings. The van der Waals surface area contributed by atoms with E-state index in [1.807, 2.05) is 6.92 Å². The summed E-state index contributed by atoms with van der Waals surface area (Å²) in [6, 6.07) is 3.61. The first-order valence-electron chi connectivity index (χ1n) is 4.84. The van der Waals surface area contributed by atoms with Gasteiger partial charge in [0.2, 0.25) is 10.0 Å². The molecule has 3 nitrogen and oxygen atoms in total. The molecule has 0 saturated carbocycles. The molecule has 1 aromatic carbocycles. The van der Waals surface area contributed by atoms with E-state index in [2.05, 4.69) is 20.7 Å². The molecule has 1 N–H and O–H groups in total. The molecule has 1 aromatic rings. The molecule has 1 rings (SSSR count). The third-order valence-electron chi connectivity index (χ3n) is 2.15. The highest BCUT2D eigenvalue weighted by molar-refractivity contribution is 9.10. The highest BCUT2D eigenvalue weighted by Gasteiger charge is 2.20. The first-order valence-corrected chi connectivity index (χ1v) is 7.12. The molecular weight excluding hydrogens is 297 g/mol. The van der Waals surface area contributed by atoms with Crippen LogP contribution >= 0.6 is 15.9 Å². The van der Waals surface area contributed by atoms with E-state index in [0.29, 0.717) is 10.9 Å². The quantitative estimate of drug-likeness (QED) is 0.929. The second-order valence-electron chi connectivity index (χ2n) is 3.51. The van der Waals surface area contributed by atoms with Crippen LogP contribution in [0.1, 0.15) is 20.3 Å². The average molecular weight is 310 g/mol. The fourth-order valence-electron chi connectivity index (χ4n) is 1.09. The minimum absolute atomic E-state index is 0.219. The number of hydrogen-bond donors (Lipinski definition) is 1. The zero-order valence-corrected chi connectivity index (χ0v) is 11.4. The minimum Gasteiger partial charge on any atom is -0.208 e. The second-order valence-corrected chi connectivity index (χ2v) is 6.10. The van der Waals surface area contributed by atoms with Gasteiger partial charge in [0, 0.05) is 10.5 Å². The molecule has 0 amide bonds. The van der Waals surface area contributed by atoms with E-state index >= 15 is 0 Å². The standard InChI is InChI=1S/C10H13BrFNO2S/c1-3-7(2)13-16(14,15)10-6-8(11)4-5-9(10)12/h4-7,13H,3H2,1-2H3. The van der Waals surface area contributed by atoms with Gasteiger partial charge in [-0.25, -0.2) is 17.5 Å². The average Bonchev–Trinajstić information content (AvgIpc) is 2.20. The normalized spacial score (nSPS) is 13.8. The zero-order chi connectivity index (χ0) is 12.3. The summed E-state index contributed by atoms with van der Waals surface area (Å²) in [6.07, 6.45) is 0.648. The van der Waals surface area contributed by atoms with Crippen molar-refractivity contribution in [3.8, 4) is 0 Å². The smallest absolute Gasteiger partial charge is 0.208 e. The summed E-state index contributed by atoms with van der Waals surface area (Å²) in [4.78, 5) is -0.331. The summed E-state index contributed by atoms with van der Waals surface area (Å²) in [7, 11) is -3.78. The fourth-order valence-corrected chi connectivity index (χ4v) is 3.04. The van der Waals surface area contributed by atoms with E-state index < -0.39 is 15.8 Å². The summed E-state index contributed by atoms with van der Waals surface area (Å²) in [6.45, 7) is 3.58. The number of sulfonamides is 1. The molecule has 0 aliphatic heterocycles. The van der Waals surface area contributed by atoms with Crippen molar-refractivity contribution in [1.29, 1.82) is 0 Å². The molecule has 0 saturated heterocycles. The Bertz CT molecular complexity index is 476. The molecule has 0 aliphatic carbocycles. The number of benzene rings is 1. The Labute approximate surface area is 103 Å². The molecule has 0 bridgehead atoms. The van der Waals surface area contributed by atoms with E-state index in [1.165, 1.54) is 12.1 Å². The number of halogens is 2. The van der Waals surface area contributed by atoms with Crippen LogP contribution < -0.4 is 4.72 Å². The lowest BCUT2D eigenvalue weighted by atomic mass is 10.3. The van der Waals surface area contributed by atoms with Crippen LogP contribution in [0.4, 0.5) is 4.39 Å². The lowest BCUT2D eigenvalue weighted by molar-refractivity contribution is 0.539. The summed E-state index contributed by atoms with van der Waals surface area (Å²) < 4.78 is 39.9. The predicted molar refractivity (Wildman–Crippen MR) is 64.2 cm³/mol. The van der Waals surface area contributed by atoms with Crippen molar-refractivity contribution in [1.82, 2.24) is 4.72 Å². The van der Waals surface area contributed by atoms with Gasteiger partial charge in [-0.15, -0.1) is 0 Å². The van der Waals surface area contributed by atoms with Crippen molar-refractivity contribution < 1.29 is 12.8 Å². The summed E-state index contributed by atoms with van der Waals surface area (Å²) in [5.74, 6) is -0.751. The molecular formula is C10H13BrFNO2S. The third-order valence-corrected chi connectivity index (χ3v) is 4.25. The maximum absolute atomic E-state index is 13.4. The van der Waals surface area contributed by atoms with Crippen molar-refractivity contribution >= 4 is 26.0 Å². The molecule has 1 atom stereocenters. The summed E-state index contributed by atoms with van der Waals surface area (Å²) in [5, 5.41) is 0. The van der Waals surface area contributed by atoms with E-state index in [-0.39, 0.29) is 10.9 Å². The summed E-state index contributed by atoms with van der Waals surface area (Å²) in [5.41, 5.74) is 0. The monoisotopic (exact) mass is 309 g/mol. The Kier molecular flexibility index (Phi) is 4.46. The van der Waals surface area contributed by atoms with E-state index in [9.17, 15) is 12.8 Å². The maximum atomic E-state index is 13.4. The molecule has 0 aliphatic rings. The maximum Gasteiger partial charge on any atom is 0.243 e. The molecule has 1 unspecified atom stereocenters. The van der Waals surface area contributed by atoms with Crippen LogP contribution in [-0.4, -0.2) is 14.5 Å². The molecule has 0 heterocycles. The lowest BCUT2D eigenvalue weighted by Crippen LogP contribution is -2.32. The molecule has 0 aromatic heterocycles. The van der Waals surface area contributed by atoms with Gasteiger partial charge in [0.25, 0.3) is 0 Å². The van der Waals surface area contributed by atoms with Crippen LogP contribution in [0.2, 0.25) is 0 Å². The van der Waals surface area contributed by atoms with E-state index in [1.54, 1.807) is 6.92 Å². The molecule has 90 valence electrons. The topological polar surface area (TPSA) is 46.2 Å². The Morgan fingerprint density at radius 1 is 1.50 bits per heavy atom. The van der Waals surface area contributed by atoms with Crippen molar-refractivity contribution in [2.24, 2.45) is 0 Å². The third kappa shape index (κ3) is 3.26. The van der Waals surface area contributed by atoms with Crippen LogP contribution in [0, 0.1) is 5.82 Å². The molecule has 6 heteroatoms. The van der Waals surface area contributed by atoms with Gasteiger partial charge in [0.1, 0.15) is 10.7 Å². The highest BCUT2D eigenvalue weighted by atomic mass is 79.9. The largest absolute Gasteiger partial charge is 0.243 e. The molecule has 0 radical (unpaired) electrons. The predicted octanol–water partition coefficient (Wildman–Crippen LogP) is 2.67. The van der Waals surface area contributed by atoms with Gasteiger partial charge in [-0.05, 0) is 31.5 Å². The van der Waals surface area contributed by atoms with Gasteiger partial charge in [0.05, 0.1) is 0 Å². The molecule has 0 spiro atoms. The van der Waals surface area contributed by atoms with Gasteiger partial charge < -0.3 is 0 Å². The van der Waals surface area contributed by atoms with Gasteiger partial charge in [-0.1, -0.05) is 22.9 Å². The number of hydrogen-bond acceptors (Lipinski definition) is 2. The summed E-state index contributed by atoms with van der Waals surface area (Å²) >= 11 is 3.11. The van der Waals surface area contributed by atoms with Gasteiger partial charge in [-0.2, -0.15) is 0 Å². The van der Waals surface area contributed by atoms with Gasteiger partial charge in [-0.3, -0.25) is 0 Å². The van der Waals surface area contributed by atoms with Crippen LogP contribution in [0.3, 0.4) is 0 Å². The highest BCUT2D eigenvalue weighted by Crippen LogP contribution is 2.20. The Morgan fingerprint density at radius 3 is 2.69 bits per heavy atom.